The molecule has 42 heavy (non-hydrogen) atoms. The van der Waals surface area contributed by atoms with Crippen molar-refractivity contribution in [3.63, 3.8) is 0 Å². The van der Waals surface area contributed by atoms with Gasteiger partial charge in [0.05, 0.1) is 25.2 Å². The summed E-state index contributed by atoms with van der Waals surface area (Å²) in [5.41, 5.74) is 11.2. The van der Waals surface area contributed by atoms with Crippen LogP contribution < -0.4 is 21.5 Å². The molecule has 1 aromatic carbocycles. The van der Waals surface area contributed by atoms with Crippen molar-refractivity contribution in [2.45, 2.75) is 76.3 Å². The van der Waals surface area contributed by atoms with Gasteiger partial charge in [-0.15, -0.1) is 0 Å². The normalized spacial score (nSPS) is 20.7. The number of primary amides is 2. The van der Waals surface area contributed by atoms with E-state index in [4.69, 9.17) is 20.9 Å². The summed E-state index contributed by atoms with van der Waals surface area (Å²) in [7, 11) is 0. The summed E-state index contributed by atoms with van der Waals surface area (Å²) in [6.45, 7) is 4.23. The largest absolute Gasteiger partial charge is 0.491 e. The average molecular weight is 588 g/mol. The van der Waals surface area contributed by atoms with Crippen molar-refractivity contribution in [2.24, 2.45) is 11.5 Å². The number of amides is 5. The number of nitrogens with zero attached hydrogens (tertiary/aromatic N) is 2. The van der Waals surface area contributed by atoms with E-state index in [-0.39, 0.29) is 38.2 Å². The van der Waals surface area contributed by atoms with Gasteiger partial charge in [0.25, 0.3) is 0 Å². The molecule has 2 saturated heterocycles. The molecule has 0 radical (unpaired) electrons. The molecule has 2 aliphatic heterocycles. The second-order valence-corrected chi connectivity index (χ2v) is 10.6. The van der Waals surface area contributed by atoms with Crippen LogP contribution in [0, 0.1) is 0 Å². The predicted octanol–water partition coefficient (Wildman–Crippen LogP) is -0.308. The number of aliphatic hydroxyl groups is 1. The summed E-state index contributed by atoms with van der Waals surface area (Å²) >= 11 is 0. The molecule has 0 aromatic heterocycles. The number of likely N-dealkylation sites (tertiary alicyclic amines) is 2. The Morgan fingerprint density at radius 1 is 1.02 bits per heavy atom. The minimum atomic E-state index is -1.29. The number of hydrogen-bond donors (Lipinski definition) is 4. The van der Waals surface area contributed by atoms with Crippen molar-refractivity contribution in [3.05, 3.63) is 35.9 Å². The molecule has 230 valence electrons. The number of nitrogens with one attached hydrogen (secondary N) is 1. The number of para-hydroxylation sites is 1. The molecular weight excluding hydrogens is 546 g/mol. The van der Waals surface area contributed by atoms with E-state index in [0.717, 1.165) is 0 Å². The zero-order valence-electron chi connectivity index (χ0n) is 24.1. The summed E-state index contributed by atoms with van der Waals surface area (Å²) in [6, 6.07) is 4.23. The van der Waals surface area contributed by atoms with Crippen LogP contribution in [0.4, 0.5) is 0 Å². The molecule has 5 atom stereocenters. The zero-order chi connectivity index (χ0) is 30.8. The highest BCUT2D eigenvalue weighted by Crippen LogP contribution is 2.26. The number of carbonyl (C=O) groups excluding carboxylic acids is 5. The highest BCUT2D eigenvalue weighted by Gasteiger charge is 2.43. The molecule has 0 saturated carbocycles. The SMILES string of the molecule is CC(CC(N)=O)OCCOc1ccccc1C=CC(=O)NC(C(=O)N1CCCC1C(=O)N1CCCC1C(N)=O)C(C)O. The van der Waals surface area contributed by atoms with Gasteiger partial charge in [0.15, 0.2) is 0 Å². The average Bonchev–Trinajstić information content (AvgIpc) is 3.63. The molecule has 1 aromatic rings. The lowest BCUT2D eigenvalue weighted by atomic mass is 10.1. The van der Waals surface area contributed by atoms with Gasteiger partial charge < -0.3 is 41.2 Å². The first-order valence-corrected chi connectivity index (χ1v) is 14.2. The van der Waals surface area contributed by atoms with Crippen LogP contribution in [0.1, 0.15) is 51.5 Å². The van der Waals surface area contributed by atoms with E-state index >= 15 is 0 Å². The van der Waals surface area contributed by atoms with Crippen molar-refractivity contribution >= 4 is 35.6 Å². The highest BCUT2D eigenvalue weighted by atomic mass is 16.5. The lowest BCUT2D eigenvalue weighted by molar-refractivity contribution is -0.148. The van der Waals surface area contributed by atoms with E-state index in [1.165, 1.54) is 28.9 Å². The Morgan fingerprint density at radius 2 is 1.69 bits per heavy atom. The number of ether oxygens (including phenoxy) is 2. The second kappa shape index (κ2) is 15.3. The third-order valence-electron chi connectivity index (χ3n) is 7.30. The molecule has 2 fully saturated rings. The molecule has 3 rings (SSSR count). The molecule has 5 unspecified atom stereocenters. The van der Waals surface area contributed by atoms with Crippen molar-refractivity contribution in [1.82, 2.24) is 15.1 Å². The van der Waals surface area contributed by atoms with Crippen LogP contribution in [0.15, 0.2) is 30.3 Å². The number of rotatable bonds is 14. The second-order valence-electron chi connectivity index (χ2n) is 10.6. The van der Waals surface area contributed by atoms with Crippen molar-refractivity contribution in [2.75, 3.05) is 26.3 Å². The molecule has 0 spiro atoms. The fourth-order valence-corrected chi connectivity index (χ4v) is 5.23. The summed E-state index contributed by atoms with van der Waals surface area (Å²) in [6.07, 6.45) is 3.40. The van der Waals surface area contributed by atoms with Crippen molar-refractivity contribution in [3.8, 4) is 5.75 Å². The van der Waals surface area contributed by atoms with Crippen LogP contribution in [0.2, 0.25) is 0 Å². The van der Waals surface area contributed by atoms with Gasteiger partial charge in [0, 0.05) is 24.7 Å². The molecule has 0 bridgehead atoms. The number of nitrogens with two attached hydrogens (primary N) is 2. The first-order valence-electron chi connectivity index (χ1n) is 14.2. The number of hydrogen-bond acceptors (Lipinski definition) is 8. The minimum absolute atomic E-state index is 0.104. The Morgan fingerprint density at radius 3 is 2.36 bits per heavy atom. The Hall–Kier alpha value is -3.97. The quantitative estimate of drug-likeness (QED) is 0.168. The van der Waals surface area contributed by atoms with E-state index < -0.39 is 47.9 Å². The topological polar surface area (TPSA) is 195 Å². The van der Waals surface area contributed by atoms with Crippen LogP contribution in [-0.4, -0.2) is 101 Å². The Balaban J connectivity index is 1.61. The van der Waals surface area contributed by atoms with Crippen LogP contribution in [0.5, 0.6) is 5.75 Å². The first kappa shape index (κ1) is 32.5. The maximum absolute atomic E-state index is 13.5. The molecule has 5 amide bonds. The van der Waals surface area contributed by atoms with Gasteiger partial charge in [-0.3, -0.25) is 24.0 Å². The van der Waals surface area contributed by atoms with Gasteiger partial charge >= 0.3 is 0 Å². The van der Waals surface area contributed by atoms with Crippen LogP contribution in [-0.2, 0) is 28.7 Å². The molecule has 13 nitrogen and oxygen atoms in total. The Bertz CT molecular complexity index is 1170. The van der Waals surface area contributed by atoms with Gasteiger partial charge in [-0.1, -0.05) is 18.2 Å². The summed E-state index contributed by atoms with van der Waals surface area (Å²) in [4.78, 5) is 65.1. The van der Waals surface area contributed by atoms with Crippen LogP contribution in [0.25, 0.3) is 6.08 Å². The molecule has 2 heterocycles. The molecular formula is C29H41N5O8. The van der Waals surface area contributed by atoms with E-state index in [2.05, 4.69) is 5.32 Å². The standard InChI is InChI=1S/C29H41N5O8/c1-18(17-24(30)36)41-15-16-42-23-10-4-3-7-20(23)11-12-25(37)32-26(19(2)35)29(40)34-14-6-9-22(34)28(39)33-13-5-8-21(33)27(31)38/h3-4,7,10-12,18-19,21-22,26,35H,5-6,8-9,13-17H2,1-2H3,(H2,30,36)(H2,31,38)(H,32,37). The van der Waals surface area contributed by atoms with Gasteiger partial charge in [-0.2, -0.15) is 0 Å². The van der Waals surface area contributed by atoms with E-state index in [1.54, 1.807) is 31.2 Å². The van der Waals surface area contributed by atoms with Gasteiger partial charge in [-0.25, -0.2) is 0 Å². The third kappa shape index (κ3) is 8.76. The predicted molar refractivity (Wildman–Crippen MR) is 152 cm³/mol. The number of aliphatic hydroxyl groups excluding tert-OH is 1. The molecule has 0 aliphatic carbocycles. The minimum Gasteiger partial charge on any atom is -0.491 e. The maximum Gasteiger partial charge on any atom is 0.248 e. The van der Waals surface area contributed by atoms with Crippen molar-refractivity contribution < 1.29 is 38.6 Å². The number of benzene rings is 1. The van der Waals surface area contributed by atoms with Crippen molar-refractivity contribution in [1.29, 1.82) is 0 Å². The van der Waals surface area contributed by atoms with Crippen LogP contribution >= 0.6 is 0 Å². The number of carbonyl (C=O) groups is 5. The summed E-state index contributed by atoms with van der Waals surface area (Å²) < 4.78 is 11.3. The van der Waals surface area contributed by atoms with E-state index in [9.17, 15) is 29.1 Å². The molecule has 2 aliphatic rings. The fraction of sp³-hybridized carbons (Fsp3) is 0.552. The summed E-state index contributed by atoms with van der Waals surface area (Å²) in [5.74, 6) is -2.08. The van der Waals surface area contributed by atoms with Crippen LogP contribution in [0.3, 0.4) is 0 Å². The van der Waals surface area contributed by atoms with E-state index in [1.807, 2.05) is 0 Å². The zero-order valence-corrected chi connectivity index (χ0v) is 24.1. The summed E-state index contributed by atoms with van der Waals surface area (Å²) in [5, 5.41) is 12.9. The molecule has 13 heteroatoms. The van der Waals surface area contributed by atoms with Gasteiger partial charge in [0.2, 0.25) is 29.5 Å². The van der Waals surface area contributed by atoms with Gasteiger partial charge in [0.1, 0.15) is 30.5 Å². The highest BCUT2D eigenvalue weighted by molar-refractivity contribution is 5.98. The molecule has 6 N–H and O–H groups in total. The van der Waals surface area contributed by atoms with Gasteiger partial charge in [-0.05, 0) is 51.7 Å². The third-order valence-corrected chi connectivity index (χ3v) is 7.30. The van der Waals surface area contributed by atoms with E-state index in [0.29, 0.717) is 43.5 Å². The first-order chi connectivity index (χ1) is 20.0. The Labute approximate surface area is 245 Å². The fourth-order valence-electron chi connectivity index (χ4n) is 5.23. The monoisotopic (exact) mass is 587 g/mol. The lowest BCUT2D eigenvalue weighted by Gasteiger charge is -2.33. The maximum atomic E-state index is 13.5. The smallest absolute Gasteiger partial charge is 0.248 e. The Kier molecular flexibility index (Phi) is 11.9. The lowest BCUT2D eigenvalue weighted by Crippen LogP contribution is -2.58.